The van der Waals surface area contributed by atoms with Crippen molar-refractivity contribution in [3.05, 3.63) is 49.2 Å². The average Bonchev–Trinajstić information content (AvgIpc) is 2.72. The molecule has 1 aromatic heterocycles. The molecule has 0 aliphatic carbocycles. The SMILES string of the molecule is CC(N)C(Oc1cccc(I)c1)c1ccc(Cl)s1. The summed E-state index contributed by atoms with van der Waals surface area (Å²) in [5, 5.41) is 0. The van der Waals surface area contributed by atoms with Gasteiger partial charge in [-0.2, -0.15) is 0 Å². The molecule has 2 N–H and O–H groups in total. The minimum Gasteiger partial charge on any atom is -0.483 e. The molecule has 5 heteroatoms. The number of hydrogen-bond donors (Lipinski definition) is 1. The molecule has 0 radical (unpaired) electrons. The second kappa shape index (κ2) is 6.23. The van der Waals surface area contributed by atoms with Gasteiger partial charge in [0.05, 0.1) is 4.34 Å². The lowest BCUT2D eigenvalue weighted by Crippen LogP contribution is -2.28. The first-order valence-corrected chi connectivity index (χ1v) is 7.76. The third-order valence-corrected chi connectivity index (χ3v) is 4.37. The molecule has 2 atom stereocenters. The molecule has 0 fully saturated rings. The minimum atomic E-state index is -0.166. The van der Waals surface area contributed by atoms with E-state index in [0.29, 0.717) is 0 Å². The third kappa shape index (κ3) is 3.60. The average molecular weight is 394 g/mol. The zero-order chi connectivity index (χ0) is 13.1. The molecule has 2 rings (SSSR count). The summed E-state index contributed by atoms with van der Waals surface area (Å²) in [6, 6.07) is 11.7. The van der Waals surface area contributed by atoms with E-state index >= 15 is 0 Å². The predicted molar refractivity (Wildman–Crippen MR) is 85.5 cm³/mol. The van der Waals surface area contributed by atoms with Gasteiger partial charge in [0.1, 0.15) is 11.9 Å². The Balaban J connectivity index is 2.22. The van der Waals surface area contributed by atoms with Gasteiger partial charge in [-0.3, -0.25) is 0 Å². The molecule has 0 saturated carbocycles. The van der Waals surface area contributed by atoms with E-state index in [4.69, 9.17) is 22.1 Å². The fourth-order valence-corrected chi connectivity index (χ4v) is 3.31. The third-order valence-electron chi connectivity index (χ3n) is 2.41. The molecular weight excluding hydrogens is 381 g/mol. The molecule has 2 unspecified atom stereocenters. The monoisotopic (exact) mass is 393 g/mol. The summed E-state index contributed by atoms with van der Waals surface area (Å²) < 4.78 is 7.87. The van der Waals surface area contributed by atoms with E-state index in [1.807, 2.05) is 43.3 Å². The Labute approximate surface area is 129 Å². The van der Waals surface area contributed by atoms with Gasteiger partial charge in [0.15, 0.2) is 0 Å². The Kier molecular flexibility index (Phi) is 4.89. The zero-order valence-corrected chi connectivity index (χ0v) is 13.5. The van der Waals surface area contributed by atoms with Gasteiger partial charge in [0.2, 0.25) is 0 Å². The topological polar surface area (TPSA) is 35.2 Å². The van der Waals surface area contributed by atoms with Crippen LogP contribution in [0.5, 0.6) is 5.75 Å². The lowest BCUT2D eigenvalue weighted by Gasteiger charge is -2.21. The molecule has 2 nitrogen and oxygen atoms in total. The van der Waals surface area contributed by atoms with Crippen molar-refractivity contribution in [2.75, 3.05) is 0 Å². The van der Waals surface area contributed by atoms with Crippen LogP contribution in [0.1, 0.15) is 17.9 Å². The van der Waals surface area contributed by atoms with E-state index < -0.39 is 0 Å². The van der Waals surface area contributed by atoms with Crippen LogP contribution in [0.25, 0.3) is 0 Å². The Hall–Kier alpha value is -0.300. The maximum Gasteiger partial charge on any atom is 0.148 e. The normalized spacial score (nSPS) is 14.2. The smallest absolute Gasteiger partial charge is 0.148 e. The van der Waals surface area contributed by atoms with Crippen molar-refractivity contribution >= 4 is 45.5 Å². The summed E-state index contributed by atoms with van der Waals surface area (Å²) in [5.41, 5.74) is 6.00. The summed E-state index contributed by atoms with van der Waals surface area (Å²) in [7, 11) is 0. The first kappa shape index (κ1) is 14.1. The highest BCUT2D eigenvalue weighted by atomic mass is 127. The molecule has 0 amide bonds. The van der Waals surface area contributed by atoms with Crippen LogP contribution in [0.2, 0.25) is 4.34 Å². The van der Waals surface area contributed by atoms with Crippen LogP contribution in [0, 0.1) is 3.57 Å². The van der Waals surface area contributed by atoms with Crippen molar-refractivity contribution in [1.82, 2.24) is 0 Å². The van der Waals surface area contributed by atoms with Crippen molar-refractivity contribution < 1.29 is 4.74 Å². The number of hydrogen-bond acceptors (Lipinski definition) is 3. The molecule has 0 aliphatic rings. The number of thiophene rings is 1. The van der Waals surface area contributed by atoms with E-state index in [2.05, 4.69) is 22.6 Å². The highest BCUT2D eigenvalue weighted by Crippen LogP contribution is 2.32. The van der Waals surface area contributed by atoms with E-state index in [9.17, 15) is 0 Å². The molecule has 18 heavy (non-hydrogen) atoms. The van der Waals surface area contributed by atoms with E-state index in [-0.39, 0.29) is 12.1 Å². The molecule has 0 aliphatic heterocycles. The molecule has 1 aromatic carbocycles. The van der Waals surface area contributed by atoms with Crippen LogP contribution in [-0.2, 0) is 0 Å². The molecule has 1 heterocycles. The summed E-state index contributed by atoms with van der Waals surface area (Å²) >= 11 is 9.72. The Morgan fingerprint density at radius 1 is 1.33 bits per heavy atom. The molecule has 96 valence electrons. The van der Waals surface area contributed by atoms with Gasteiger partial charge in [0, 0.05) is 14.5 Å². The van der Waals surface area contributed by atoms with Crippen molar-refractivity contribution in [3.8, 4) is 5.75 Å². The van der Waals surface area contributed by atoms with Crippen molar-refractivity contribution in [2.24, 2.45) is 5.73 Å². The lowest BCUT2D eigenvalue weighted by atomic mass is 10.1. The van der Waals surface area contributed by atoms with Crippen LogP contribution in [0.15, 0.2) is 36.4 Å². The molecule has 2 aromatic rings. The van der Waals surface area contributed by atoms with Gasteiger partial charge in [-0.15, -0.1) is 11.3 Å². The standard InChI is InChI=1S/C13H13ClINOS/c1-8(16)13(11-5-6-12(14)18-11)17-10-4-2-3-9(15)7-10/h2-8,13H,16H2,1H3. The first-order chi connectivity index (χ1) is 8.56. The van der Waals surface area contributed by atoms with E-state index in [1.165, 1.54) is 11.3 Å². The molecule has 0 spiro atoms. The van der Waals surface area contributed by atoms with Crippen LogP contribution < -0.4 is 10.5 Å². The largest absolute Gasteiger partial charge is 0.483 e. The number of halogens is 2. The highest BCUT2D eigenvalue weighted by molar-refractivity contribution is 14.1. The Bertz CT molecular complexity index is 529. The fourth-order valence-electron chi connectivity index (χ4n) is 1.59. The fraction of sp³-hybridized carbons (Fsp3) is 0.231. The minimum absolute atomic E-state index is 0.0995. The zero-order valence-electron chi connectivity index (χ0n) is 9.77. The summed E-state index contributed by atoms with van der Waals surface area (Å²) in [6.45, 7) is 1.94. The van der Waals surface area contributed by atoms with Gasteiger partial charge < -0.3 is 10.5 Å². The van der Waals surface area contributed by atoms with Gasteiger partial charge in [0.25, 0.3) is 0 Å². The maximum atomic E-state index is 6.00. The van der Waals surface area contributed by atoms with Crippen molar-refractivity contribution in [3.63, 3.8) is 0 Å². The summed E-state index contributed by atoms with van der Waals surface area (Å²) in [6.07, 6.45) is -0.166. The number of ether oxygens (including phenoxy) is 1. The van der Waals surface area contributed by atoms with E-state index in [1.54, 1.807) is 0 Å². The number of nitrogens with two attached hydrogens (primary N) is 1. The van der Waals surface area contributed by atoms with Gasteiger partial charge >= 0.3 is 0 Å². The quantitative estimate of drug-likeness (QED) is 0.778. The highest BCUT2D eigenvalue weighted by Gasteiger charge is 2.20. The maximum absolute atomic E-state index is 6.00. The molecule has 0 bridgehead atoms. The lowest BCUT2D eigenvalue weighted by molar-refractivity contribution is 0.184. The molecule has 0 saturated heterocycles. The first-order valence-electron chi connectivity index (χ1n) is 5.49. The summed E-state index contributed by atoms with van der Waals surface area (Å²) in [5.74, 6) is 0.828. The Morgan fingerprint density at radius 3 is 2.67 bits per heavy atom. The van der Waals surface area contributed by atoms with Crippen LogP contribution in [-0.4, -0.2) is 6.04 Å². The van der Waals surface area contributed by atoms with Gasteiger partial charge in [-0.05, 0) is 59.8 Å². The number of benzene rings is 1. The van der Waals surface area contributed by atoms with Crippen LogP contribution >= 0.6 is 45.5 Å². The van der Waals surface area contributed by atoms with Crippen molar-refractivity contribution in [1.29, 1.82) is 0 Å². The predicted octanol–water partition coefficient (Wildman–Crippen LogP) is 4.47. The van der Waals surface area contributed by atoms with Crippen LogP contribution in [0.4, 0.5) is 0 Å². The van der Waals surface area contributed by atoms with Crippen LogP contribution in [0.3, 0.4) is 0 Å². The van der Waals surface area contributed by atoms with Gasteiger partial charge in [-0.1, -0.05) is 17.7 Å². The summed E-state index contributed by atoms with van der Waals surface area (Å²) in [4.78, 5) is 1.05. The number of rotatable bonds is 4. The van der Waals surface area contributed by atoms with E-state index in [0.717, 1.165) is 18.5 Å². The second-order valence-corrected chi connectivity index (χ2v) is 6.99. The Morgan fingerprint density at radius 2 is 2.11 bits per heavy atom. The van der Waals surface area contributed by atoms with Crippen molar-refractivity contribution in [2.45, 2.75) is 19.1 Å². The van der Waals surface area contributed by atoms with Gasteiger partial charge in [-0.25, -0.2) is 0 Å². The molecular formula is C13H13ClINOS. The second-order valence-electron chi connectivity index (χ2n) is 4.00.